The van der Waals surface area contributed by atoms with E-state index in [9.17, 15) is 17.6 Å². The molecule has 0 aliphatic carbocycles. The number of hydrogen-bond acceptors (Lipinski definition) is 5. The van der Waals surface area contributed by atoms with Gasteiger partial charge >= 0.3 is 0 Å². The molecule has 0 saturated heterocycles. The van der Waals surface area contributed by atoms with Crippen molar-refractivity contribution in [1.82, 2.24) is 4.72 Å². The van der Waals surface area contributed by atoms with Crippen LogP contribution < -0.4 is 19.9 Å². The number of ether oxygens (including phenoxy) is 2. The molecular weight excluding hydrogens is 459 g/mol. The lowest BCUT2D eigenvalue weighted by Crippen LogP contribution is -2.36. The van der Waals surface area contributed by atoms with E-state index >= 15 is 0 Å². The van der Waals surface area contributed by atoms with E-state index in [1.165, 1.54) is 66.7 Å². The highest BCUT2D eigenvalue weighted by Gasteiger charge is 2.19. The molecule has 168 valence electrons. The van der Waals surface area contributed by atoms with Gasteiger partial charge in [0.2, 0.25) is 10.0 Å². The van der Waals surface area contributed by atoms with Crippen LogP contribution in [0.5, 0.6) is 17.2 Å². The Kier molecular flexibility index (Phi) is 7.34. The number of rotatable bonds is 9. The van der Waals surface area contributed by atoms with Gasteiger partial charge in [0, 0.05) is 5.02 Å². The zero-order valence-electron chi connectivity index (χ0n) is 16.9. The van der Waals surface area contributed by atoms with Gasteiger partial charge < -0.3 is 15.2 Å². The van der Waals surface area contributed by atoms with Crippen molar-refractivity contribution in [2.24, 2.45) is 5.73 Å². The lowest BCUT2D eigenvalue weighted by molar-refractivity contribution is 0.0996. The molecule has 0 radical (unpaired) electrons. The highest BCUT2D eigenvalue weighted by atomic mass is 35.5. The molecule has 0 saturated carbocycles. The molecule has 7 nitrogen and oxygen atoms in total. The van der Waals surface area contributed by atoms with Crippen molar-refractivity contribution >= 4 is 27.5 Å². The number of carbonyl (C=O) groups is 1. The van der Waals surface area contributed by atoms with E-state index in [-0.39, 0.29) is 28.6 Å². The summed E-state index contributed by atoms with van der Waals surface area (Å²) in [5, 5.41) is 0.326. The molecule has 3 N–H and O–H groups in total. The maximum absolute atomic E-state index is 13.0. The minimum Gasteiger partial charge on any atom is -0.491 e. The summed E-state index contributed by atoms with van der Waals surface area (Å²) in [6.45, 7) is 1.57. The predicted octanol–water partition coefficient (Wildman–Crippen LogP) is 4.12. The monoisotopic (exact) mass is 478 g/mol. The maximum Gasteiger partial charge on any atom is 0.252 e. The molecule has 32 heavy (non-hydrogen) atoms. The molecule has 0 unspecified atom stereocenters. The molecule has 1 amide bonds. The molecule has 3 aromatic carbocycles. The zero-order chi connectivity index (χ0) is 23.3. The van der Waals surface area contributed by atoms with Crippen LogP contribution in [0.3, 0.4) is 0 Å². The molecule has 1 atom stereocenters. The summed E-state index contributed by atoms with van der Waals surface area (Å²) in [7, 11) is -3.84. The van der Waals surface area contributed by atoms with E-state index in [2.05, 4.69) is 4.72 Å². The van der Waals surface area contributed by atoms with Gasteiger partial charge in [-0.2, -0.15) is 0 Å². The van der Waals surface area contributed by atoms with Crippen molar-refractivity contribution in [3.05, 3.63) is 83.1 Å². The Morgan fingerprint density at radius 1 is 1.06 bits per heavy atom. The topological polar surface area (TPSA) is 108 Å². The Bertz CT molecular complexity index is 1200. The smallest absolute Gasteiger partial charge is 0.252 e. The van der Waals surface area contributed by atoms with Crippen molar-refractivity contribution in [2.45, 2.75) is 17.9 Å². The first-order chi connectivity index (χ1) is 15.1. The Labute approximate surface area is 190 Å². The number of amides is 1. The second kappa shape index (κ2) is 9.99. The predicted molar refractivity (Wildman–Crippen MR) is 118 cm³/mol. The van der Waals surface area contributed by atoms with Crippen LogP contribution >= 0.6 is 11.6 Å². The van der Waals surface area contributed by atoms with Gasteiger partial charge in [-0.25, -0.2) is 17.5 Å². The summed E-state index contributed by atoms with van der Waals surface area (Å²) < 4.78 is 51.9. The lowest BCUT2D eigenvalue weighted by Gasteiger charge is -2.17. The molecule has 0 aromatic heterocycles. The molecule has 10 heteroatoms. The van der Waals surface area contributed by atoms with Gasteiger partial charge in [0.05, 0.1) is 16.5 Å². The first-order valence-corrected chi connectivity index (χ1v) is 11.3. The molecule has 0 spiro atoms. The number of sulfonamides is 1. The normalized spacial score (nSPS) is 12.2. The third-order valence-corrected chi connectivity index (χ3v) is 6.08. The average Bonchev–Trinajstić information content (AvgIpc) is 2.74. The van der Waals surface area contributed by atoms with Crippen LogP contribution in [0.15, 0.2) is 71.6 Å². The third kappa shape index (κ3) is 6.19. The van der Waals surface area contributed by atoms with Gasteiger partial charge in [-0.3, -0.25) is 4.79 Å². The summed E-state index contributed by atoms with van der Waals surface area (Å²) in [4.78, 5) is 11.6. The maximum atomic E-state index is 13.0. The molecule has 3 rings (SSSR count). The molecule has 0 bridgehead atoms. The van der Waals surface area contributed by atoms with E-state index in [0.29, 0.717) is 16.5 Å². The van der Waals surface area contributed by atoms with Gasteiger partial charge in [0.25, 0.3) is 5.91 Å². The van der Waals surface area contributed by atoms with Crippen LogP contribution in [0.1, 0.15) is 17.3 Å². The summed E-state index contributed by atoms with van der Waals surface area (Å²) in [5.74, 6) is -0.0732. The fourth-order valence-corrected chi connectivity index (χ4v) is 4.13. The molecule has 0 aliphatic rings. The Morgan fingerprint density at radius 2 is 1.66 bits per heavy atom. The average molecular weight is 479 g/mol. The van der Waals surface area contributed by atoms with E-state index < -0.39 is 22.0 Å². The number of halogens is 2. The SMILES string of the molecule is C[C@@H](COc1ccc(Cl)cc1C(N)=O)NS(=O)(=O)c1ccc(Oc2ccc(F)cc2)cc1. The van der Waals surface area contributed by atoms with Gasteiger partial charge in [-0.1, -0.05) is 11.6 Å². The minimum absolute atomic E-state index is 0.0279. The van der Waals surface area contributed by atoms with Crippen molar-refractivity contribution in [2.75, 3.05) is 6.61 Å². The highest BCUT2D eigenvalue weighted by Crippen LogP contribution is 2.24. The molecule has 0 aliphatic heterocycles. The van der Waals surface area contributed by atoms with Crippen LogP contribution in [0.4, 0.5) is 4.39 Å². The van der Waals surface area contributed by atoms with Crippen LogP contribution in [-0.2, 0) is 10.0 Å². The third-order valence-electron chi connectivity index (χ3n) is 4.24. The summed E-state index contributed by atoms with van der Waals surface area (Å²) >= 11 is 5.86. The van der Waals surface area contributed by atoms with Crippen molar-refractivity contribution in [3.8, 4) is 17.2 Å². The minimum atomic E-state index is -3.84. The molecule has 3 aromatic rings. The van der Waals surface area contributed by atoms with Crippen LogP contribution in [0, 0.1) is 5.82 Å². The van der Waals surface area contributed by atoms with E-state index in [1.807, 2.05) is 0 Å². The molecular formula is C22H20ClFN2O5S. The van der Waals surface area contributed by atoms with Crippen molar-refractivity contribution in [3.63, 3.8) is 0 Å². The number of nitrogens with one attached hydrogen (secondary N) is 1. The zero-order valence-corrected chi connectivity index (χ0v) is 18.5. The summed E-state index contributed by atoms with van der Waals surface area (Å²) in [6.07, 6.45) is 0. The van der Waals surface area contributed by atoms with Crippen molar-refractivity contribution < 1.29 is 27.1 Å². The molecule has 0 fully saturated rings. The Balaban J connectivity index is 1.61. The van der Waals surface area contributed by atoms with E-state index in [0.717, 1.165) is 0 Å². The standard InChI is InChI=1S/C22H20ClFN2O5S/c1-14(13-30-21-11-2-15(23)12-20(21)22(25)27)26-32(28,29)19-9-7-18(8-10-19)31-17-5-3-16(24)4-6-17/h2-12,14,26H,13H2,1H3,(H2,25,27)/t14-/m0/s1. The molecule has 0 heterocycles. The van der Waals surface area contributed by atoms with Crippen molar-refractivity contribution in [1.29, 1.82) is 0 Å². The fourth-order valence-electron chi connectivity index (χ4n) is 2.73. The first kappa shape index (κ1) is 23.5. The second-order valence-electron chi connectivity index (χ2n) is 6.87. The van der Waals surface area contributed by atoms with Gasteiger partial charge in [0.1, 0.15) is 29.7 Å². The first-order valence-electron chi connectivity index (χ1n) is 9.42. The Morgan fingerprint density at radius 3 is 2.25 bits per heavy atom. The second-order valence-corrected chi connectivity index (χ2v) is 9.02. The van der Waals surface area contributed by atoms with Gasteiger partial charge in [-0.05, 0) is 73.7 Å². The summed E-state index contributed by atoms with van der Waals surface area (Å²) in [6, 6.07) is 15.0. The number of benzene rings is 3. The van der Waals surface area contributed by atoms with Crippen LogP contribution in [0.2, 0.25) is 5.02 Å². The van der Waals surface area contributed by atoms with Crippen LogP contribution in [-0.4, -0.2) is 27.0 Å². The Hall–Kier alpha value is -3.14. The quantitative estimate of drug-likeness (QED) is 0.481. The van der Waals surface area contributed by atoms with Gasteiger partial charge in [-0.15, -0.1) is 0 Å². The number of carbonyl (C=O) groups excluding carboxylic acids is 1. The van der Waals surface area contributed by atoms with E-state index in [4.69, 9.17) is 26.8 Å². The lowest BCUT2D eigenvalue weighted by atomic mass is 10.2. The summed E-state index contributed by atoms with van der Waals surface area (Å²) in [5.41, 5.74) is 5.42. The van der Waals surface area contributed by atoms with Crippen LogP contribution in [0.25, 0.3) is 0 Å². The number of primary amides is 1. The van der Waals surface area contributed by atoms with E-state index in [1.54, 1.807) is 6.92 Å². The number of hydrogen-bond donors (Lipinski definition) is 2. The largest absolute Gasteiger partial charge is 0.491 e. The number of nitrogens with two attached hydrogens (primary N) is 1. The van der Waals surface area contributed by atoms with Gasteiger partial charge in [0.15, 0.2) is 0 Å². The highest BCUT2D eigenvalue weighted by molar-refractivity contribution is 7.89. The fraction of sp³-hybridized carbons (Fsp3) is 0.136.